The van der Waals surface area contributed by atoms with Gasteiger partial charge >= 0.3 is 5.97 Å². The first-order valence-electron chi connectivity index (χ1n) is 9.16. The summed E-state index contributed by atoms with van der Waals surface area (Å²) >= 11 is 0. The van der Waals surface area contributed by atoms with Gasteiger partial charge in [0.05, 0.1) is 12.0 Å². The predicted molar refractivity (Wildman–Crippen MR) is 100 cm³/mol. The van der Waals surface area contributed by atoms with Crippen LogP contribution < -0.4 is 0 Å². The van der Waals surface area contributed by atoms with Crippen LogP contribution in [-0.4, -0.2) is 25.3 Å². The molecule has 1 saturated heterocycles. The summed E-state index contributed by atoms with van der Waals surface area (Å²) in [4.78, 5) is 12.0. The first kappa shape index (κ1) is 19.3. The van der Waals surface area contributed by atoms with E-state index in [4.69, 9.17) is 9.47 Å². The topological polar surface area (TPSA) is 35.5 Å². The van der Waals surface area contributed by atoms with Crippen LogP contribution >= 0.6 is 0 Å². The molecule has 1 aliphatic heterocycles. The Balaban J connectivity index is 2.04. The van der Waals surface area contributed by atoms with E-state index in [1.807, 2.05) is 30.3 Å². The average molecular weight is 340 g/mol. The third kappa shape index (κ3) is 5.47. The van der Waals surface area contributed by atoms with E-state index in [-0.39, 0.29) is 18.0 Å². The number of hydrogen-bond donors (Lipinski definition) is 0. The monoisotopic (exact) mass is 340 g/mol. The van der Waals surface area contributed by atoms with Crippen molar-refractivity contribution in [2.75, 3.05) is 7.11 Å². The van der Waals surface area contributed by atoms with Gasteiger partial charge < -0.3 is 9.47 Å². The van der Waals surface area contributed by atoms with Gasteiger partial charge in [0.2, 0.25) is 0 Å². The van der Waals surface area contributed by atoms with E-state index in [0.717, 1.165) is 18.4 Å². The summed E-state index contributed by atoms with van der Waals surface area (Å²) in [6.07, 6.45) is 6.32. The Morgan fingerprint density at radius 1 is 1.20 bits per heavy atom. The van der Waals surface area contributed by atoms with Gasteiger partial charge in [-0.25, -0.2) is 4.79 Å². The van der Waals surface area contributed by atoms with Crippen LogP contribution in [0.2, 0.25) is 0 Å². The second-order valence-electron chi connectivity index (χ2n) is 6.49. The molecular formula is C22H28O3. The number of ether oxygens (including phenoxy) is 2. The van der Waals surface area contributed by atoms with Crippen molar-refractivity contribution in [3.63, 3.8) is 0 Å². The maximum Gasteiger partial charge on any atom is 0.335 e. The van der Waals surface area contributed by atoms with Crippen LogP contribution in [0.25, 0.3) is 0 Å². The zero-order chi connectivity index (χ0) is 18.1. The first-order valence-corrected chi connectivity index (χ1v) is 9.16. The molecule has 0 spiro atoms. The lowest BCUT2D eigenvalue weighted by Crippen LogP contribution is -2.30. The standard InChI is InChI=1S/C22H28O3/c1-4-5-6-7-11-14-19(24-3)21-17(2)22(23)25-20(21)16-15-18-12-9-8-10-13-18/h8-10,12-13,19-21H,2,4-7,11,14H2,1,3H3/t19?,20-,21-/m1/s1. The van der Waals surface area contributed by atoms with Crippen molar-refractivity contribution < 1.29 is 14.3 Å². The van der Waals surface area contributed by atoms with Crippen LogP contribution in [-0.2, 0) is 14.3 Å². The lowest BCUT2D eigenvalue weighted by molar-refractivity contribution is -0.137. The van der Waals surface area contributed by atoms with Crippen LogP contribution in [0.5, 0.6) is 0 Å². The van der Waals surface area contributed by atoms with E-state index in [1.165, 1.54) is 25.7 Å². The van der Waals surface area contributed by atoms with Crippen LogP contribution in [0.4, 0.5) is 0 Å². The molecule has 3 atom stereocenters. The third-order valence-corrected chi connectivity index (χ3v) is 4.65. The van der Waals surface area contributed by atoms with E-state index in [9.17, 15) is 4.79 Å². The Labute approximate surface area is 151 Å². The van der Waals surface area contributed by atoms with E-state index >= 15 is 0 Å². The Morgan fingerprint density at radius 3 is 2.60 bits per heavy atom. The van der Waals surface area contributed by atoms with Gasteiger partial charge in [0.25, 0.3) is 0 Å². The highest BCUT2D eigenvalue weighted by Gasteiger charge is 2.42. The van der Waals surface area contributed by atoms with Crippen molar-refractivity contribution in [1.29, 1.82) is 0 Å². The number of carbonyl (C=O) groups excluding carboxylic acids is 1. The zero-order valence-electron chi connectivity index (χ0n) is 15.3. The molecular weight excluding hydrogens is 312 g/mol. The summed E-state index contributed by atoms with van der Waals surface area (Å²) in [5, 5.41) is 0. The minimum absolute atomic E-state index is 0.0874. The first-order chi connectivity index (χ1) is 12.2. The summed E-state index contributed by atoms with van der Waals surface area (Å²) in [5.74, 6) is 5.65. The van der Waals surface area contributed by atoms with Gasteiger partial charge in [-0.1, -0.05) is 75.6 Å². The van der Waals surface area contributed by atoms with Crippen LogP contribution in [0.15, 0.2) is 42.5 Å². The average Bonchev–Trinajstić information content (AvgIpc) is 2.92. The molecule has 1 unspecified atom stereocenters. The number of rotatable bonds is 8. The minimum Gasteiger partial charge on any atom is -0.445 e. The highest BCUT2D eigenvalue weighted by atomic mass is 16.6. The molecule has 0 radical (unpaired) electrons. The van der Waals surface area contributed by atoms with Crippen molar-refractivity contribution in [2.24, 2.45) is 5.92 Å². The SMILES string of the molecule is C=C1C(=O)O[C@H](C#Cc2ccccc2)[C@H]1C(CCCCCCC)OC. The molecule has 0 saturated carbocycles. The summed E-state index contributed by atoms with van der Waals surface area (Å²) in [6, 6.07) is 9.71. The van der Waals surface area contributed by atoms with E-state index in [2.05, 4.69) is 25.3 Å². The Bertz CT molecular complexity index is 624. The molecule has 25 heavy (non-hydrogen) atoms. The van der Waals surface area contributed by atoms with Crippen molar-refractivity contribution in [3.05, 3.63) is 48.0 Å². The molecule has 0 amide bonds. The van der Waals surface area contributed by atoms with Gasteiger partial charge in [-0.2, -0.15) is 0 Å². The molecule has 1 aliphatic rings. The Morgan fingerprint density at radius 2 is 1.92 bits per heavy atom. The second-order valence-corrected chi connectivity index (χ2v) is 6.49. The Hall–Kier alpha value is -2.05. The summed E-state index contributed by atoms with van der Waals surface area (Å²) in [6.45, 7) is 6.13. The van der Waals surface area contributed by atoms with Crippen LogP contribution in [0, 0.1) is 17.8 Å². The maximum atomic E-state index is 12.0. The van der Waals surface area contributed by atoms with Gasteiger partial charge in [-0.15, -0.1) is 0 Å². The summed E-state index contributed by atoms with van der Waals surface area (Å²) in [5.41, 5.74) is 1.39. The Kier molecular flexibility index (Phi) is 7.76. The van der Waals surface area contributed by atoms with Crippen molar-refractivity contribution >= 4 is 5.97 Å². The molecule has 0 N–H and O–H groups in total. The normalized spacial score (nSPS) is 20.7. The lowest BCUT2D eigenvalue weighted by atomic mass is 9.88. The molecule has 3 nitrogen and oxygen atoms in total. The molecule has 134 valence electrons. The zero-order valence-corrected chi connectivity index (χ0v) is 15.3. The number of benzene rings is 1. The number of hydrogen-bond acceptors (Lipinski definition) is 3. The van der Waals surface area contributed by atoms with Crippen molar-refractivity contribution in [3.8, 4) is 11.8 Å². The van der Waals surface area contributed by atoms with E-state index in [0.29, 0.717) is 5.57 Å². The fraction of sp³-hybridized carbons (Fsp3) is 0.500. The van der Waals surface area contributed by atoms with Crippen molar-refractivity contribution in [2.45, 2.75) is 57.7 Å². The van der Waals surface area contributed by atoms with Gasteiger partial charge in [-0.3, -0.25) is 0 Å². The van der Waals surface area contributed by atoms with E-state index in [1.54, 1.807) is 7.11 Å². The number of unbranched alkanes of at least 4 members (excludes halogenated alkanes) is 4. The molecule has 1 heterocycles. The molecule has 0 aromatic heterocycles. The predicted octanol–water partition coefficient (Wildman–Crippen LogP) is 4.51. The van der Waals surface area contributed by atoms with Crippen LogP contribution in [0.1, 0.15) is 51.0 Å². The smallest absolute Gasteiger partial charge is 0.335 e. The molecule has 1 aromatic rings. The second kappa shape index (κ2) is 10.1. The quantitative estimate of drug-likeness (QED) is 0.302. The molecule has 2 rings (SSSR count). The summed E-state index contributed by atoms with van der Waals surface area (Å²) in [7, 11) is 1.69. The number of carbonyl (C=O) groups is 1. The van der Waals surface area contributed by atoms with Crippen molar-refractivity contribution in [1.82, 2.24) is 0 Å². The maximum absolute atomic E-state index is 12.0. The lowest BCUT2D eigenvalue weighted by Gasteiger charge is -2.23. The summed E-state index contributed by atoms with van der Waals surface area (Å²) < 4.78 is 11.1. The fourth-order valence-corrected chi connectivity index (χ4v) is 3.19. The van der Waals surface area contributed by atoms with Gasteiger partial charge in [0, 0.05) is 18.2 Å². The van der Waals surface area contributed by atoms with Crippen LogP contribution in [0.3, 0.4) is 0 Å². The number of esters is 1. The van der Waals surface area contributed by atoms with Gasteiger partial charge in [-0.05, 0) is 18.6 Å². The molecule has 1 aromatic carbocycles. The number of methoxy groups -OCH3 is 1. The fourth-order valence-electron chi connectivity index (χ4n) is 3.19. The highest BCUT2D eigenvalue weighted by molar-refractivity contribution is 5.91. The largest absolute Gasteiger partial charge is 0.445 e. The molecule has 0 aliphatic carbocycles. The minimum atomic E-state index is -0.485. The van der Waals surface area contributed by atoms with E-state index < -0.39 is 6.10 Å². The molecule has 0 bridgehead atoms. The molecule has 3 heteroatoms. The third-order valence-electron chi connectivity index (χ3n) is 4.65. The number of cyclic esters (lactones) is 1. The van der Waals surface area contributed by atoms with Gasteiger partial charge in [0.15, 0.2) is 6.10 Å². The van der Waals surface area contributed by atoms with Gasteiger partial charge in [0.1, 0.15) is 0 Å². The molecule has 1 fully saturated rings. The highest BCUT2D eigenvalue weighted by Crippen LogP contribution is 2.33.